The first-order valence-electron chi connectivity index (χ1n) is 9.86. The molecule has 4 atom stereocenters. The first-order valence-corrected chi connectivity index (χ1v) is 9.86. The summed E-state index contributed by atoms with van der Waals surface area (Å²) < 4.78 is 5.53. The molecule has 1 heterocycles. The van der Waals surface area contributed by atoms with Gasteiger partial charge in [-0.05, 0) is 30.0 Å². The molecule has 150 valence electrons. The van der Waals surface area contributed by atoms with Crippen LogP contribution in [0, 0.1) is 5.92 Å². The molecule has 3 unspecified atom stereocenters. The van der Waals surface area contributed by atoms with Crippen LogP contribution in [0.4, 0.5) is 0 Å². The summed E-state index contributed by atoms with van der Waals surface area (Å²) in [5.74, 6) is -0.0518. The number of nitrogens with one attached hydrogen (secondary N) is 2. The van der Waals surface area contributed by atoms with Crippen molar-refractivity contribution < 1.29 is 14.6 Å². The molecule has 5 nitrogen and oxygen atoms in total. The first-order chi connectivity index (χ1) is 13.4. The van der Waals surface area contributed by atoms with Gasteiger partial charge in [-0.3, -0.25) is 4.79 Å². The van der Waals surface area contributed by atoms with Crippen molar-refractivity contribution in [2.75, 3.05) is 7.11 Å². The maximum atomic E-state index is 12.0. The predicted octanol–water partition coefficient (Wildman–Crippen LogP) is 3.71. The molecule has 1 saturated heterocycles. The van der Waals surface area contributed by atoms with Gasteiger partial charge < -0.3 is 20.5 Å². The van der Waals surface area contributed by atoms with E-state index >= 15 is 0 Å². The summed E-state index contributed by atoms with van der Waals surface area (Å²) in [4.78, 5) is 12.0. The highest BCUT2D eigenvalue weighted by Crippen LogP contribution is 2.33. The summed E-state index contributed by atoms with van der Waals surface area (Å²) in [6.07, 6.45) is 0. The number of hydrogen-bond donors (Lipinski definition) is 3. The molecule has 1 fully saturated rings. The fraction of sp³-hybridized carbons (Fsp3) is 0.435. The molecule has 2 aromatic rings. The zero-order valence-corrected chi connectivity index (χ0v) is 17.0. The second-order valence-electron chi connectivity index (χ2n) is 7.84. The van der Waals surface area contributed by atoms with Crippen LogP contribution < -0.4 is 15.4 Å². The molecule has 3 rings (SSSR count). The highest BCUT2D eigenvalue weighted by atomic mass is 16.5. The van der Waals surface area contributed by atoms with Gasteiger partial charge in [0.05, 0.1) is 13.0 Å². The van der Waals surface area contributed by atoms with E-state index in [1.165, 1.54) is 5.56 Å². The largest absolute Gasteiger partial charge is 0.496 e. The molecule has 0 radical (unpaired) electrons. The van der Waals surface area contributed by atoms with Crippen LogP contribution in [0.2, 0.25) is 0 Å². The fourth-order valence-corrected chi connectivity index (χ4v) is 4.11. The topological polar surface area (TPSA) is 70.6 Å². The Bertz CT molecular complexity index is 807. The summed E-state index contributed by atoms with van der Waals surface area (Å²) in [7, 11) is 1.67. The van der Waals surface area contributed by atoms with Crippen molar-refractivity contribution in [3.8, 4) is 5.75 Å². The Morgan fingerprint density at radius 2 is 1.93 bits per heavy atom. The zero-order valence-electron chi connectivity index (χ0n) is 17.0. The van der Waals surface area contributed by atoms with Crippen molar-refractivity contribution >= 4 is 5.97 Å². The number of carbonyl (C=O) groups is 1. The van der Waals surface area contributed by atoms with E-state index in [-0.39, 0.29) is 18.1 Å². The molecule has 0 spiro atoms. The standard InChI is InChI=1S/C23H30N2O3/c1-14(2)17-10-11-19(28-4)18(12-17)13-24-22-20(23(26)27)15(3)25-21(22)16-8-6-5-7-9-16/h5-12,14-15,20-22,24-25H,13H2,1-4H3,(H,26,27)/t15-,20?,21?,22?/m1/s1. The Balaban J connectivity index is 1.87. The number of carboxylic acids is 1. The molecule has 0 saturated carbocycles. The maximum absolute atomic E-state index is 12.0. The second-order valence-corrected chi connectivity index (χ2v) is 7.84. The van der Waals surface area contributed by atoms with E-state index in [0.29, 0.717) is 12.5 Å². The molecule has 0 bridgehead atoms. The van der Waals surface area contributed by atoms with Gasteiger partial charge in [0.1, 0.15) is 5.75 Å². The molecule has 0 aliphatic carbocycles. The summed E-state index contributed by atoms with van der Waals surface area (Å²) in [6, 6.07) is 15.9. The Hall–Kier alpha value is -2.37. The summed E-state index contributed by atoms with van der Waals surface area (Å²) in [5, 5.41) is 16.8. The minimum absolute atomic E-state index is 0.0587. The fourth-order valence-electron chi connectivity index (χ4n) is 4.11. The van der Waals surface area contributed by atoms with Gasteiger partial charge in [0, 0.05) is 30.2 Å². The number of hydrogen-bond acceptors (Lipinski definition) is 4. The van der Waals surface area contributed by atoms with Gasteiger partial charge in [-0.2, -0.15) is 0 Å². The summed E-state index contributed by atoms with van der Waals surface area (Å²) in [5.41, 5.74) is 3.38. The lowest BCUT2D eigenvalue weighted by atomic mass is 9.91. The summed E-state index contributed by atoms with van der Waals surface area (Å²) in [6.45, 7) is 6.81. The van der Waals surface area contributed by atoms with Gasteiger partial charge in [0.25, 0.3) is 0 Å². The van der Waals surface area contributed by atoms with E-state index in [1.54, 1.807) is 7.11 Å². The first kappa shape index (κ1) is 20.4. The van der Waals surface area contributed by atoms with Crippen molar-refractivity contribution in [3.63, 3.8) is 0 Å². The van der Waals surface area contributed by atoms with Crippen LogP contribution in [0.15, 0.2) is 48.5 Å². The van der Waals surface area contributed by atoms with Gasteiger partial charge in [0.2, 0.25) is 0 Å². The van der Waals surface area contributed by atoms with Gasteiger partial charge >= 0.3 is 5.97 Å². The van der Waals surface area contributed by atoms with Crippen LogP contribution in [0.25, 0.3) is 0 Å². The Kier molecular flexibility index (Phi) is 6.37. The van der Waals surface area contributed by atoms with Crippen molar-refractivity contribution in [2.45, 2.75) is 51.4 Å². The highest BCUT2D eigenvalue weighted by Gasteiger charge is 2.45. The van der Waals surface area contributed by atoms with E-state index in [9.17, 15) is 9.90 Å². The smallest absolute Gasteiger partial charge is 0.309 e. The molecule has 0 aromatic heterocycles. The van der Waals surface area contributed by atoms with Crippen molar-refractivity contribution in [1.29, 1.82) is 0 Å². The van der Waals surface area contributed by atoms with Crippen LogP contribution >= 0.6 is 0 Å². The average Bonchev–Trinajstić information content (AvgIpc) is 3.03. The SMILES string of the molecule is COc1ccc(C(C)C)cc1CNC1C(c2ccccc2)N[C@H](C)C1C(=O)O. The van der Waals surface area contributed by atoms with Crippen molar-refractivity contribution in [3.05, 3.63) is 65.2 Å². The Morgan fingerprint density at radius 1 is 1.21 bits per heavy atom. The van der Waals surface area contributed by atoms with Crippen molar-refractivity contribution in [2.24, 2.45) is 5.92 Å². The second kappa shape index (κ2) is 8.76. The van der Waals surface area contributed by atoms with Gasteiger partial charge in [-0.1, -0.05) is 56.3 Å². The highest BCUT2D eigenvalue weighted by molar-refractivity contribution is 5.72. The number of carboxylic acid groups (broad SMARTS) is 1. The lowest BCUT2D eigenvalue weighted by Crippen LogP contribution is -2.41. The van der Waals surface area contributed by atoms with E-state index in [2.05, 4.69) is 36.6 Å². The quantitative estimate of drug-likeness (QED) is 0.681. The zero-order chi connectivity index (χ0) is 20.3. The third-order valence-corrected chi connectivity index (χ3v) is 5.67. The molecule has 0 amide bonds. The Morgan fingerprint density at radius 3 is 2.54 bits per heavy atom. The number of rotatable bonds is 7. The van der Waals surface area contributed by atoms with Crippen LogP contribution in [-0.2, 0) is 11.3 Å². The minimum Gasteiger partial charge on any atom is -0.496 e. The molecule has 1 aliphatic heterocycles. The molecule has 1 aliphatic rings. The van der Waals surface area contributed by atoms with Gasteiger partial charge in [-0.25, -0.2) is 0 Å². The molecule has 28 heavy (non-hydrogen) atoms. The predicted molar refractivity (Wildman–Crippen MR) is 111 cm³/mol. The lowest BCUT2D eigenvalue weighted by molar-refractivity contribution is -0.142. The molecule has 2 aromatic carbocycles. The van der Waals surface area contributed by atoms with Gasteiger partial charge in [-0.15, -0.1) is 0 Å². The number of methoxy groups -OCH3 is 1. The molecular weight excluding hydrogens is 352 g/mol. The van der Waals surface area contributed by atoms with Crippen LogP contribution in [0.3, 0.4) is 0 Å². The van der Waals surface area contributed by atoms with E-state index < -0.39 is 11.9 Å². The van der Waals surface area contributed by atoms with Gasteiger partial charge in [0.15, 0.2) is 0 Å². The van der Waals surface area contributed by atoms with E-state index in [1.807, 2.05) is 43.3 Å². The number of benzene rings is 2. The third-order valence-electron chi connectivity index (χ3n) is 5.67. The summed E-state index contributed by atoms with van der Waals surface area (Å²) >= 11 is 0. The van der Waals surface area contributed by atoms with Crippen molar-refractivity contribution in [1.82, 2.24) is 10.6 Å². The monoisotopic (exact) mass is 382 g/mol. The van der Waals surface area contributed by atoms with Crippen LogP contribution in [-0.4, -0.2) is 30.3 Å². The van der Waals surface area contributed by atoms with Crippen LogP contribution in [0.1, 0.15) is 49.4 Å². The maximum Gasteiger partial charge on any atom is 0.309 e. The Labute approximate surface area is 167 Å². The third kappa shape index (κ3) is 4.21. The molecule has 5 heteroatoms. The minimum atomic E-state index is -0.779. The lowest BCUT2D eigenvalue weighted by Gasteiger charge is -2.25. The normalized spacial score (nSPS) is 24.5. The van der Waals surface area contributed by atoms with E-state index in [0.717, 1.165) is 16.9 Å². The number of aliphatic carboxylic acids is 1. The number of ether oxygens (including phenoxy) is 1. The van der Waals surface area contributed by atoms with E-state index in [4.69, 9.17) is 4.74 Å². The molecule has 3 N–H and O–H groups in total. The molecular formula is C23H30N2O3. The van der Waals surface area contributed by atoms with Crippen LogP contribution in [0.5, 0.6) is 5.75 Å². The average molecular weight is 383 g/mol.